The second kappa shape index (κ2) is 4.94. The van der Waals surface area contributed by atoms with Crippen molar-refractivity contribution >= 4 is 21.6 Å². The summed E-state index contributed by atoms with van der Waals surface area (Å²) in [6.45, 7) is 0. The number of nitro groups is 1. The molecule has 5 nitrogen and oxygen atoms in total. The standard InChI is InChI=1S/C8H4BrF2N3O2/c9-2-5-4(3-12)1-6(14(15)16)7(13-5)8(10)11/h1,8H,2H2. The molecular formula is C8H4BrF2N3O2. The summed E-state index contributed by atoms with van der Waals surface area (Å²) in [5.41, 5.74) is -1.79. The van der Waals surface area contributed by atoms with Crippen molar-refractivity contribution in [1.29, 1.82) is 5.26 Å². The van der Waals surface area contributed by atoms with Gasteiger partial charge in [-0.3, -0.25) is 10.1 Å². The van der Waals surface area contributed by atoms with Crippen LogP contribution in [0.1, 0.15) is 23.4 Å². The van der Waals surface area contributed by atoms with E-state index in [0.29, 0.717) is 0 Å². The fraction of sp³-hybridized carbons (Fsp3) is 0.250. The van der Waals surface area contributed by atoms with Gasteiger partial charge in [0, 0.05) is 11.4 Å². The fourth-order valence-corrected chi connectivity index (χ4v) is 1.49. The second-order valence-electron chi connectivity index (χ2n) is 2.69. The van der Waals surface area contributed by atoms with Crippen molar-refractivity contribution in [3.63, 3.8) is 0 Å². The Morgan fingerprint density at radius 2 is 2.31 bits per heavy atom. The number of alkyl halides is 3. The average molecular weight is 292 g/mol. The van der Waals surface area contributed by atoms with Crippen LogP contribution in [0.3, 0.4) is 0 Å². The molecule has 0 saturated heterocycles. The number of pyridine rings is 1. The van der Waals surface area contributed by atoms with Gasteiger partial charge in [-0.2, -0.15) is 5.26 Å². The number of hydrogen-bond acceptors (Lipinski definition) is 4. The van der Waals surface area contributed by atoms with Crippen molar-refractivity contribution in [1.82, 2.24) is 4.98 Å². The first-order chi connectivity index (χ1) is 7.51. The van der Waals surface area contributed by atoms with Gasteiger partial charge in [0.05, 0.1) is 16.2 Å². The molecule has 0 N–H and O–H groups in total. The summed E-state index contributed by atoms with van der Waals surface area (Å²) in [7, 11) is 0. The third-order valence-corrected chi connectivity index (χ3v) is 2.29. The van der Waals surface area contributed by atoms with Gasteiger partial charge in [-0.05, 0) is 0 Å². The van der Waals surface area contributed by atoms with E-state index in [0.717, 1.165) is 6.07 Å². The molecule has 0 aromatic carbocycles. The van der Waals surface area contributed by atoms with Gasteiger partial charge in [0.2, 0.25) is 0 Å². The molecule has 1 aromatic heterocycles. The average Bonchev–Trinajstić information content (AvgIpc) is 2.26. The van der Waals surface area contributed by atoms with Gasteiger partial charge in [-0.25, -0.2) is 13.8 Å². The van der Waals surface area contributed by atoms with Crippen molar-refractivity contribution in [2.24, 2.45) is 0 Å². The maximum absolute atomic E-state index is 12.5. The molecule has 1 heterocycles. The van der Waals surface area contributed by atoms with E-state index in [1.54, 1.807) is 6.07 Å². The van der Waals surface area contributed by atoms with Gasteiger partial charge in [-0.15, -0.1) is 0 Å². The number of hydrogen-bond donors (Lipinski definition) is 0. The number of nitriles is 1. The van der Waals surface area contributed by atoms with Crippen LogP contribution in [0.25, 0.3) is 0 Å². The Morgan fingerprint density at radius 1 is 1.69 bits per heavy atom. The largest absolute Gasteiger partial charge is 0.298 e. The van der Waals surface area contributed by atoms with Crippen molar-refractivity contribution in [3.05, 3.63) is 33.1 Å². The van der Waals surface area contributed by atoms with E-state index in [1.165, 1.54) is 0 Å². The molecule has 1 aromatic rings. The summed E-state index contributed by atoms with van der Waals surface area (Å²) in [6.07, 6.45) is -3.05. The molecule has 0 aliphatic carbocycles. The molecule has 16 heavy (non-hydrogen) atoms. The lowest BCUT2D eigenvalue weighted by atomic mass is 10.1. The van der Waals surface area contributed by atoms with Crippen LogP contribution in [0.15, 0.2) is 6.07 Å². The molecule has 0 aliphatic heterocycles. The Hall–Kier alpha value is -1.62. The lowest BCUT2D eigenvalue weighted by Gasteiger charge is -2.04. The fourth-order valence-electron chi connectivity index (χ4n) is 1.06. The number of rotatable bonds is 3. The predicted octanol–water partition coefficient (Wildman–Crippen LogP) is 2.69. The Morgan fingerprint density at radius 3 is 2.69 bits per heavy atom. The summed E-state index contributed by atoms with van der Waals surface area (Å²) in [5, 5.41) is 19.2. The minimum Gasteiger partial charge on any atom is -0.258 e. The van der Waals surface area contributed by atoms with Gasteiger partial charge in [-0.1, -0.05) is 15.9 Å². The van der Waals surface area contributed by atoms with E-state index in [2.05, 4.69) is 20.9 Å². The van der Waals surface area contributed by atoms with E-state index < -0.39 is 22.7 Å². The summed E-state index contributed by atoms with van der Waals surface area (Å²) in [5.74, 6) is 0. The quantitative estimate of drug-likeness (QED) is 0.487. The highest BCUT2D eigenvalue weighted by Crippen LogP contribution is 2.29. The monoisotopic (exact) mass is 291 g/mol. The molecule has 0 bridgehead atoms. The van der Waals surface area contributed by atoms with Crippen LogP contribution >= 0.6 is 15.9 Å². The SMILES string of the molecule is N#Cc1cc([N+](=O)[O-])c(C(F)F)nc1CBr. The van der Waals surface area contributed by atoms with Gasteiger partial charge >= 0.3 is 0 Å². The Kier molecular flexibility index (Phi) is 3.84. The van der Waals surface area contributed by atoms with Crippen LogP contribution in [-0.2, 0) is 5.33 Å². The number of nitrogens with zero attached hydrogens (tertiary/aromatic N) is 3. The van der Waals surface area contributed by atoms with E-state index in [9.17, 15) is 18.9 Å². The third kappa shape index (κ3) is 2.30. The molecule has 0 saturated carbocycles. The molecule has 0 fully saturated rings. The van der Waals surface area contributed by atoms with E-state index in [1.807, 2.05) is 0 Å². The van der Waals surface area contributed by atoms with Crippen LogP contribution in [-0.4, -0.2) is 9.91 Å². The molecule has 0 radical (unpaired) electrons. The maximum atomic E-state index is 12.5. The van der Waals surface area contributed by atoms with Gasteiger partial charge in [0.1, 0.15) is 6.07 Å². The van der Waals surface area contributed by atoms with Crippen LogP contribution in [0.2, 0.25) is 0 Å². The van der Waals surface area contributed by atoms with Gasteiger partial charge in [0.25, 0.3) is 12.1 Å². The zero-order valence-electron chi connectivity index (χ0n) is 7.65. The lowest BCUT2D eigenvalue weighted by Crippen LogP contribution is -2.04. The first-order valence-corrected chi connectivity index (χ1v) is 5.05. The van der Waals surface area contributed by atoms with Crippen molar-refractivity contribution in [3.8, 4) is 6.07 Å². The molecule has 0 atom stereocenters. The van der Waals surface area contributed by atoms with E-state index in [4.69, 9.17) is 5.26 Å². The lowest BCUT2D eigenvalue weighted by molar-refractivity contribution is -0.386. The minimum absolute atomic E-state index is 0.0587. The number of aromatic nitrogens is 1. The molecule has 0 spiro atoms. The van der Waals surface area contributed by atoms with Gasteiger partial charge < -0.3 is 0 Å². The predicted molar refractivity (Wildman–Crippen MR) is 53.2 cm³/mol. The second-order valence-corrected chi connectivity index (χ2v) is 3.25. The van der Waals surface area contributed by atoms with Crippen molar-refractivity contribution < 1.29 is 13.7 Å². The van der Waals surface area contributed by atoms with E-state index >= 15 is 0 Å². The maximum Gasteiger partial charge on any atom is 0.298 e. The summed E-state index contributed by atoms with van der Waals surface area (Å²) >= 11 is 2.97. The van der Waals surface area contributed by atoms with Crippen molar-refractivity contribution in [2.75, 3.05) is 0 Å². The highest BCUT2D eigenvalue weighted by molar-refractivity contribution is 9.08. The Balaban J connectivity index is 3.49. The molecule has 0 aliphatic rings. The zero-order valence-corrected chi connectivity index (χ0v) is 9.24. The van der Waals surface area contributed by atoms with Crippen LogP contribution in [0.5, 0.6) is 0 Å². The van der Waals surface area contributed by atoms with Crippen LogP contribution < -0.4 is 0 Å². The highest BCUT2D eigenvalue weighted by atomic mass is 79.9. The molecular weight excluding hydrogens is 288 g/mol. The molecule has 8 heteroatoms. The summed E-state index contributed by atoms with van der Waals surface area (Å²) in [4.78, 5) is 12.9. The molecule has 0 unspecified atom stereocenters. The van der Waals surface area contributed by atoms with Crippen LogP contribution in [0.4, 0.5) is 14.5 Å². The smallest absolute Gasteiger partial charge is 0.258 e. The number of halogens is 3. The zero-order chi connectivity index (χ0) is 12.3. The van der Waals surface area contributed by atoms with E-state index in [-0.39, 0.29) is 16.6 Å². The highest BCUT2D eigenvalue weighted by Gasteiger charge is 2.26. The molecule has 84 valence electrons. The van der Waals surface area contributed by atoms with Gasteiger partial charge in [0.15, 0.2) is 5.69 Å². The summed E-state index contributed by atoms with van der Waals surface area (Å²) < 4.78 is 24.9. The first kappa shape index (κ1) is 12.4. The minimum atomic E-state index is -3.05. The normalized spacial score (nSPS) is 10.2. The Labute approximate surface area is 97.0 Å². The van der Waals surface area contributed by atoms with Crippen LogP contribution in [0, 0.1) is 21.4 Å². The Bertz CT molecular complexity index is 473. The topological polar surface area (TPSA) is 79.8 Å². The molecule has 0 amide bonds. The molecule has 1 rings (SSSR count). The summed E-state index contributed by atoms with van der Waals surface area (Å²) in [6, 6.07) is 2.48. The van der Waals surface area contributed by atoms with Crippen molar-refractivity contribution in [2.45, 2.75) is 11.8 Å². The first-order valence-electron chi connectivity index (χ1n) is 3.93. The third-order valence-electron chi connectivity index (χ3n) is 1.76.